The summed E-state index contributed by atoms with van der Waals surface area (Å²) < 4.78 is 6.80. The molecule has 1 aromatic carbocycles. The smallest absolute Gasteiger partial charge is 0.343 e. The third kappa shape index (κ3) is 2.13. The molecule has 0 spiro atoms. The van der Waals surface area contributed by atoms with E-state index in [-0.39, 0.29) is 17.6 Å². The molecular formula is C16H15N3O3. The Morgan fingerprint density at radius 2 is 2.00 bits per heavy atom. The molecule has 0 aliphatic heterocycles. The van der Waals surface area contributed by atoms with Gasteiger partial charge in [0.05, 0.1) is 17.6 Å². The topological polar surface area (TPSA) is 74.1 Å². The zero-order valence-corrected chi connectivity index (χ0v) is 12.4. The van der Waals surface area contributed by atoms with Gasteiger partial charge in [-0.15, -0.1) is 0 Å². The van der Waals surface area contributed by atoms with Crippen molar-refractivity contribution in [1.29, 1.82) is 0 Å². The van der Waals surface area contributed by atoms with Gasteiger partial charge in [0, 0.05) is 30.5 Å². The molecule has 0 saturated heterocycles. The minimum Gasteiger partial charge on any atom is -0.462 e. The highest BCUT2D eigenvalue weighted by Gasteiger charge is 2.18. The minimum atomic E-state index is -0.601. The molecule has 2 heterocycles. The molecule has 112 valence electrons. The number of nitrogens with zero attached hydrogens (tertiary/aromatic N) is 3. The minimum absolute atomic E-state index is 0.0411. The van der Waals surface area contributed by atoms with Gasteiger partial charge >= 0.3 is 5.97 Å². The summed E-state index contributed by atoms with van der Waals surface area (Å²) in [5.41, 5.74) is 1.74. The van der Waals surface area contributed by atoms with Crippen molar-refractivity contribution in [2.75, 3.05) is 6.61 Å². The Morgan fingerprint density at radius 1 is 1.23 bits per heavy atom. The van der Waals surface area contributed by atoms with E-state index in [9.17, 15) is 9.59 Å². The number of pyridine rings is 1. The van der Waals surface area contributed by atoms with Crippen LogP contribution in [-0.2, 0) is 11.3 Å². The molecule has 3 aromatic rings. The van der Waals surface area contributed by atoms with E-state index in [0.29, 0.717) is 28.5 Å². The van der Waals surface area contributed by atoms with E-state index in [1.807, 2.05) is 11.5 Å². The van der Waals surface area contributed by atoms with Gasteiger partial charge in [0.15, 0.2) is 0 Å². The fourth-order valence-corrected chi connectivity index (χ4v) is 2.52. The second-order valence-corrected chi connectivity index (χ2v) is 4.76. The standard InChI is InChI=1S/C16H15N3O3/c1-3-19-9-11(16(21)22-4-2)15(20)10-5-6-12-13(14(10)19)18-8-7-17-12/h5-9H,3-4H2,1-2H3. The van der Waals surface area contributed by atoms with Crippen molar-refractivity contribution in [3.8, 4) is 0 Å². The van der Waals surface area contributed by atoms with Gasteiger partial charge in [-0.3, -0.25) is 14.8 Å². The van der Waals surface area contributed by atoms with Crippen LogP contribution < -0.4 is 5.43 Å². The zero-order valence-electron chi connectivity index (χ0n) is 12.4. The summed E-state index contributed by atoms with van der Waals surface area (Å²) in [6, 6.07) is 3.42. The van der Waals surface area contributed by atoms with Gasteiger partial charge in [0.2, 0.25) is 5.43 Å². The van der Waals surface area contributed by atoms with Crippen LogP contribution in [-0.4, -0.2) is 27.1 Å². The molecule has 0 aliphatic carbocycles. The molecule has 0 fully saturated rings. The third-order valence-electron chi connectivity index (χ3n) is 3.51. The number of fused-ring (bicyclic) bond motifs is 3. The maximum Gasteiger partial charge on any atom is 0.343 e. The number of carbonyl (C=O) groups excluding carboxylic acids is 1. The van der Waals surface area contributed by atoms with E-state index in [1.54, 1.807) is 31.5 Å². The summed E-state index contributed by atoms with van der Waals surface area (Å²) in [5.74, 6) is -0.601. The fourth-order valence-electron chi connectivity index (χ4n) is 2.52. The van der Waals surface area contributed by atoms with Gasteiger partial charge in [-0.25, -0.2) is 4.79 Å². The lowest BCUT2D eigenvalue weighted by Gasteiger charge is -2.12. The van der Waals surface area contributed by atoms with E-state index >= 15 is 0 Å². The van der Waals surface area contributed by atoms with Gasteiger partial charge in [-0.1, -0.05) is 0 Å². The Morgan fingerprint density at radius 3 is 2.73 bits per heavy atom. The Hall–Kier alpha value is -2.76. The van der Waals surface area contributed by atoms with Crippen molar-refractivity contribution in [3.05, 3.63) is 46.5 Å². The molecule has 0 amide bonds. The number of hydrogen-bond acceptors (Lipinski definition) is 5. The SMILES string of the molecule is CCOC(=O)c1cn(CC)c2c(ccc3nccnc32)c1=O. The van der Waals surface area contributed by atoms with Crippen LogP contribution in [0.5, 0.6) is 0 Å². The first-order chi connectivity index (χ1) is 10.7. The number of aryl methyl sites for hydroxylation is 1. The molecule has 0 radical (unpaired) electrons. The van der Waals surface area contributed by atoms with E-state index in [4.69, 9.17) is 4.74 Å². The van der Waals surface area contributed by atoms with Crippen molar-refractivity contribution >= 4 is 27.9 Å². The lowest BCUT2D eigenvalue weighted by atomic mass is 10.1. The summed E-state index contributed by atoms with van der Waals surface area (Å²) in [5, 5.41) is 0.445. The number of esters is 1. The number of ether oxygens (including phenoxy) is 1. The quantitative estimate of drug-likeness (QED) is 0.547. The highest BCUT2D eigenvalue weighted by Crippen LogP contribution is 2.21. The van der Waals surface area contributed by atoms with Crippen LogP contribution in [0, 0.1) is 0 Å². The Kier molecular flexibility index (Phi) is 3.58. The highest BCUT2D eigenvalue weighted by molar-refractivity contribution is 6.03. The van der Waals surface area contributed by atoms with Crippen LogP contribution in [0.25, 0.3) is 21.9 Å². The van der Waals surface area contributed by atoms with E-state index < -0.39 is 5.97 Å². The molecule has 0 atom stereocenters. The van der Waals surface area contributed by atoms with Crippen LogP contribution >= 0.6 is 0 Å². The predicted octanol–water partition coefficient (Wildman–Crippen LogP) is 2.14. The largest absolute Gasteiger partial charge is 0.462 e. The summed E-state index contributed by atoms with van der Waals surface area (Å²) in [7, 11) is 0. The maximum absolute atomic E-state index is 12.6. The molecule has 0 aliphatic rings. The normalized spacial score (nSPS) is 11.0. The van der Waals surface area contributed by atoms with Crippen LogP contribution in [0.2, 0.25) is 0 Å². The van der Waals surface area contributed by atoms with Crippen molar-refractivity contribution < 1.29 is 9.53 Å². The molecule has 0 N–H and O–H groups in total. The molecule has 6 nitrogen and oxygen atoms in total. The molecule has 6 heteroatoms. The van der Waals surface area contributed by atoms with Crippen LogP contribution in [0.3, 0.4) is 0 Å². The number of benzene rings is 1. The summed E-state index contributed by atoms with van der Waals surface area (Å²) >= 11 is 0. The number of rotatable bonds is 3. The molecule has 22 heavy (non-hydrogen) atoms. The summed E-state index contributed by atoms with van der Waals surface area (Å²) in [6.45, 7) is 4.47. The first-order valence-corrected chi connectivity index (χ1v) is 7.11. The van der Waals surface area contributed by atoms with E-state index in [0.717, 1.165) is 0 Å². The van der Waals surface area contributed by atoms with Crippen molar-refractivity contribution in [2.24, 2.45) is 0 Å². The van der Waals surface area contributed by atoms with Gasteiger partial charge in [0.25, 0.3) is 0 Å². The van der Waals surface area contributed by atoms with E-state index in [2.05, 4.69) is 9.97 Å². The highest BCUT2D eigenvalue weighted by atomic mass is 16.5. The second kappa shape index (κ2) is 5.55. The summed E-state index contributed by atoms with van der Waals surface area (Å²) in [6.07, 6.45) is 4.73. The van der Waals surface area contributed by atoms with Crippen molar-refractivity contribution in [3.63, 3.8) is 0 Å². The molecule has 0 bridgehead atoms. The van der Waals surface area contributed by atoms with Crippen LogP contribution in [0.15, 0.2) is 35.5 Å². The zero-order chi connectivity index (χ0) is 15.7. The Labute approximate surface area is 126 Å². The monoisotopic (exact) mass is 297 g/mol. The molecule has 0 unspecified atom stereocenters. The van der Waals surface area contributed by atoms with Crippen molar-refractivity contribution in [1.82, 2.24) is 14.5 Å². The first kappa shape index (κ1) is 14.2. The predicted molar refractivity (Wildman–Crippen MR) is 82.9 cm³/mol. The van der Waals surface area contributed by atoms with E-state index in [1.165, 1.54) is 6.20 Å². The lowest BCUT2D eigenvalue weighted by Crippen LogP contribution is -2.21. The van der Waals surface area contributed by atoms with Gasteiger partial charge in [0.1, 0.15) is 11.1 Å². The van der Waals surface area contributed by atoms with Gasteiger partial charge < -0.3 is 9.30 Å². The van der Waals surface area contributed by atoms with Crippen molar-refractivity contribution in [2.45, 2.75) is 20.4 Å². The van der Waals surface area contributed by atoms with Crippen LogP contribution in [0.4, 0.5) is 0 Å². The van der Waals surface area contributed by atoms with Crippen LogP contribution in [0.1, 0.15) is 24.2 Å². The first-order valence-electron chi connectivity index (χ1n) is 7.11. The molecular weight excluding hydrogens is 282 g/mol. The Balaban J connectivity index is 2.42. The average Bonchev–Trinajstić information content (AvgIpc) is 2.55. The number of carbonyl (C=O) groups is 1. The third-order valence-corrected chi connectivity index (χ3v) is 3.51. The number of hydrogen-bond donors (Lipinski definition) is 0. The lowest BCUT2D eigenvalue weighted by molar-refractivity contribution is 0.0524. The van der Waals surface area contributed by atoms with Gasteiger partial charge in [-0.2, -0.15) is 0 Å². The second-order valence-electron chi connectivity index (χ2n) is 4.76. The number of aromatic nitrogens is 3. The average molecular weight is 297 g/mol. The fraction of sp³-hybridized carbons (Fsp3) is 0.250. The Bertz CT molecular complexity index is 931. The molecule has 2 aromatic heterocycles. The summed E-state index contributed by atoms with van der Waals surface area (Å²) in [4.78, 5) is 33.2. The maximum atomic E-state index is 12.6. The molecule has 3 rings (SSSR count). The molecule has 0 saturated carbocycles. The van der Waals surface area contributed by atoms with Gasteiger partial charge in [-0.05, 0) is 26.0 Å².